The summed E-state index contributed by atoms with van der Waals surface area (Å²) in [4.78, 5) is 23.8. The Morgan fingerprint density at radius 3 is 2.23 bits per heavy atom. The van der Waals surface area contributed by atoms with Gasteiger partial charge in [-0.3, -0.25) is 14.9 Å². The summed E-state index contributed by atoms with van der Waals surface area (Å²) in [7, 11) is 1.31. The molecule has 0 unspecified atom stereocenters. The summed E-state index contributed by atoms with van der Waals surface area (Å²) in [6.07, 6.45) is 0. The number of nitrogens with one attached hydrogen (secondary N) is 2. The third-order valence-electron chi connectivity index (χ3n) is 3.00. The number of para-hydroxylation sites is 1. The molecule has 22 heavy (non-hydrogen) atoms. The van der Waals surface area contributed by atoms with Crippen LogP contribution in [-0.4, -0.2) is 31.6 Å². The van der Waals surface area contributed by atoms with Crippen LogP contribution in [0.5, 0.6) is 0 Å². The fraction of sp³-hybridized carbons (Fsp3) is 0.467. The van der Waals surface area contributed by atoms with Crippen molar-refractivity contribution < 1.29 is 14.3 Å². The van der Waals surface area contributed by atoms with Crippen LogP contribution < -0.4 is 10.6 Å². The molecule has 1 aromatic carbocycles. The van der Waals surface area contributed by atoms with E-state index in [1.54, 1.807) is 18.2 Å². The molecule has 1 atom stereocenters. The van der Waals surface area contributed by atoms with E-state index >= 15 is 0 Å². The highest BCUT2D eigenvalue weighted by Gasteiger charge is 2.32. The number of hydrogen-bond acceptors (Lipinski definition) is 4. The molecular formula is C15H20Cl2N2O3. The van der Waals surface area contributed by atoms with Crippen LogP contribution in [0.1, 0.15) is 20.8 Å². The third-order valence-corrected chi connectivity index (χ3v) is 3.63. The Morgan fingerprint density at radius 1 is 1.23 bits per heavy atom. The van der Waals surface area contributed by atoms with Gasteiger partial charge in [0.15, 0.2) is 0 Å². The second-order valence-corrected chi connectivity index (χ2v) is 6.66. The van der Waals surface area contributed by atoms with Crippen LogP contribution in [0.15, 0.2) is 18.2 Å². The molecule has 0 spiro atoms. The van der Waals surface area contributed by atoms with Crippen LogP contribution in [0.3, 0.4) is 0 Å². The number of anilines is 1. The summed E-state index contributed by atoms with van der Waals surface area (Å²) < 4.78 is 4.75. The Balaban J connectivity index is 2.71. The number of esters is 1. The maximum Gasteiger partial charge on any atom is 0.323 e. The summed E-state index contributed by atoms with van der Waals surface area (Å²) in [6, 6.07) is 4.34. The highest BCUT2D eigenvalue weighted by atomic mass is 35.5. The number of carbonyl (C=O) groups is 2. The molecule has 0 heterocycles. The van der Waals surface area contributed by atoms with Crippen molar-refractivity contribution in [3.8, 4) is 0 Å². The normalized spacial score (nSPS) is 12.6. The monoisotopic (exact) mass is 346 g/mol. The zero-order valence-corrected chi connectivity index (χ0v) is 14.5. The Morgan fingerprint density at radius 2 is 1.77 bits per heavy atom. The van der Waals surface area contributed by atoms with Crippen LogP contribution in [0.25, 0.3) is 0 Å². The molecule has 0 saturated heterocycles. The van der Waals surface area contributed by atoms with E-state index in [2.05, 4.69) is 10.6 Å². The van der Waals surface area contributed by atoms with Gasteiger partial charge in [-0.25, -0.2) is 0 Å². The molecule has 0 fully saturated rings. The standard InChI is InChI=1S/C15H20Cl2N2O3/c1-15(2,3)13(14(21)22-4)18-8-11(20)19-12-9(16)6-5-7-10(12)17/h5-7,13,18H,8H2,1-4H3,(H,19,20)/t13-/m0/s1. The summed E-state index contributed by atoms with van der Waals surface area (Å²) in [5.74, 6) is -0.774. The molecule has 0 aliphatic carbocycles. The first-order valence-electron chi connectivity index (χ1n) is 6.72. The van der Waals surface area contributed by atoms with E-state index in [4.69, 9.17) is 27.9 Å². The van der Waals surface area contributed by atoms with E-state index < -0.39 is 17.4 Å². The molecule has 2 N–H and O–H groups in total. The van der Waals surface area contributed by atoms with Crippen molar-refractivity contribution in [3.63, 3.8) is 0 Å². The molecule has 0 saturated carbocycles. The van der Waals surface area contributed by atoms with Crippen molar-refractivity contribution in [1.82, 2.24) is 5.32 Å². The number of amides is 1. The SMILES string of the molecule is COC(=O)[C@H](NCC(=O)Nc1c(Cl)cccc1Cl)C(C)(C)C. The first kappa shape index (κ1) is 18.7. The van der Waals surface area contributed by atoms with Gasteiger partial charge in [-0.1, -0.05) is 50.0 Å². The van der Waals surface area contributed by atoms with Crippen molar-refractivity contribution in [3.05, 3.63) is 28.2 Å². The topological polar surface area (TPSA) is 67.4 Å². The van der Waals surface area contributed by atoms with Gasteiger partial charge in [-0.15, -0.1) is 0 Å². The highest BCUT2D eigenvalue weighted by molar-refractivity contribution is 6.39. The van der Waals surface area contributed by atoms with Crippen LogP contribution in [-0.2, 0) is 14.3 Å². The second-order valence-electron chi connectivity index (χ2n) is 5.85. The van der Waals surface area contributed by atoms with Gasteiger partial charge in [0, 0.05) is 0 Å². The van der Waals surface area contributed by atoms with Gasteiger partial charge in [-0.2, -0.15) is 0 Å². The summed E-state index contributed by atoms with van der Waals surface area (Å²) >= 11 is 12.0. The fourth-order valence-electron chi connectivity index (χ4n) is 1.86. The molecular weight excluding hydrogens is 327 g/mol. The minimum atomic E-state index is -0.607. The van der Waals surface area contributed by atoms with Gasteiger partial charge in [0.2, 0.25) is 5.91 Å². The zero-order valence-electron chi connectivity index (χ0n) is 13.0. The van der Waals surface area contributed by atoms with Gasteiger partial charge in [0.25, 0.3) is 0 Å². The molecule has 0 radical (unpaired) electrons. The molecule has 1 amide bonds. The lowest BCUT2D eigenvalue weighted by molar-refractivity contribution is -0.146. The first-order valence-corrected chi connectivity index (χ1v) is 7.47. The van der Waals surface area contributed by atoms with Crippen molar-refractivity contribution >= 4 is 40.8 Å². The fourth-order valence-corrected chi connectivity index (χ4v) is 2.35. The number of hydrogen-bond donors (Lipinski definition) is 2. The number of rotatable bonds is 5. The van der Waals surface area contributed by atoms with Gasteiger partial charge >= 0.3 is 5.97 Å². The summed E-state index contributed by atoms with van der Waals surface area (Å²) in [6.45, 7) is 5.57. The first-order chi connectivity index (χ1) is 10.2. The largest absolute Gasteiger partial charge is 0.468 e. The zero-order chi connectivity index (χ0) is 16.9. The minimum Gasteiger partial charge on any atom is -0.468 e. The van der Waals surface area contributed by atoms with Crippen LogP contribution in [0.2, 0.25) is 10.0 Å². The van der Waals surface area contributed by atoms with Crippen molar-refractivity contribution in [2.45, 2.75) is 26.8 Å². The lowest BCUT2D eigenvalue weighted by atomic mass is 9.87. The lowest BCUT2D eigenvalue weighted by Crippen LogP contribution is -2.49. The van der Waals surface area contributed by atoms with Gasteiger partial charge < -0.3 is 10.1 Å². The number of carbonyl (C=O) groups excluding carboxylic acids is 2. The van der Waals surface area contributed by atoms with Gasteiger partial charge in [0.05, 0.1) is 29.4 Å². The molecule has 0 bridgehead atoms. The van der Waals surface area contributed by atoms with E-state index in [9.17, 15) is 9.59 Å². The summed E-state index contributed by atoms with van der Waals surface area (Å²) in [5, 5.41) is 6.22. The van der Waals surface area contributed by atoms with E-state index in [0.717, 1.165) is 0 Å². The van der Waals surface area contributed by atoms with Crippen LogP contribution in [0, 0.1) is 5.41 Å². The number of ether oxygens (including phenoxy) is 1. The van der Waals surface area contributed by atoms with E-state index in [1.165, 1.54) is 7.11 Å². The Labute approximate surface area is 140 Å². The van der Waals surface area contributed by atoms with E-state index in [-0.39, 0.29) is 12.5 Å². The highest BCUT2D eigenvalue weighted by Crippen LogP contribution is 2.29. The second kappa shape index (κ2) is 7.81. The maximum absolute atomic E-state index is 12.0. The quantitative estimate of drug-likeness (QED) is 0.803. The number of methoxy groups -OCH3 is 1. The Hall–Kier alpha value is -1.30. The molecule has 0 aliphatic rings. The van der Waals surface area contributed by atoms with Gasteiger partial charge in [-0.05, 0) is 17.5 Å². The van der Waals surface area contributed by atoms with Crippen molar-refractivity contribution in [2.24, 2.45) is 5.41 Å². The average molecular weight is 347 g/mol. The van der Waals surface area contributed by atoms with E-state index in [1.807, 2.05) is 20.8 Å². The van der Waals surface area contributed by atoms with Crippen LogP contribution >= 0.6 is 23.2 Å². The predicted molar refractivity (Wildman–Crippen MR) is 88.4 cm³/mol. The third kappa shape index (κ3) is 5.16. The number of benzene rings is 1. The maximum atomic E-state index is 12.0. The van der Waals surface area contributed by atoms with E-state index in [0.29, 0.717) is 15.7 Å². The minimum absolute atomic E-state index is 0.0708. The Bertz CT molecular complexity index is 536. The Kier molecular flexibility index (Phi) is 6.66. The van der Waals surface area contributed by atoms with Crippen molar-refractivity contribution in [1.29, 1.82) is 0 Å². The smallest absolute Gasteiger partial charge is 0.323 e. The number of halogens is 2. The average Bonchev–Trinajstić information content (AvgIpc) is 2.41. The molecule has 0 aromatic heterocycles. The molecule has 122 valence electrons. The van der Waals surface area contributed by atoms with Crippen molar-refractivity contribution in [2.75, 3.05) is 19.0 Å². The molecule has 1 aromatic rings. The lowest BCUT2D eigenvalue weighted by Gasteiger charge is -2.29. The molecule has 5 nitrogen and oxygen atoms in total. The molecule has 1 rings (SSSR count). The van der Waals surface area contributed by atoms with Gasteiger partial charge in [0.1, 0.15) is 6.04 Å². The predicted octanol–water partition coefficient (Wildman–Crippen LogP) is 3.11. The van der Waals surface area contributed by atoms with Crippen LogP contribution in [0.4, 0.5) is 5.69 Å². The summed E-state index contributed by atoms with van der Waals surface area (Å²) in [5.41, 5.74) is -0.0434. The molecule has 7 heteroatoms. The molecule has 0 aliphatic heterocycles.